The summed E-state index contributed by atoms with van der Waals surface area (Å²) >= 11 is 2.16. The first-order chi connectivity index (χ1) is 13.6. The van der Waals surface area contributed by atoms with E-state index in [4.69, 9.17) is 14.2 Å². The van der Waals surface area contributed by atoms with Gasteiger partial charge < -0.3 is 19.3 Å². The molecule has 0 bridgehead atoms. The fraction of sp³-hybridized carbons (Fsp3) is 0.478. The van der Waals surface area contributed by atoms with E-state index in [0.717, 1.165) is 12.8 Å². The zero-order valence-electron chi connectivity index (χ0n) is 17.4. The molecule has 0 aromatic carbocycles. The van der Waals surface area contributed by atoms with E-state index in [9.17, 15) is 5.11 Å². The molecule has 0 aliphatic carbocycles. The van der Waals surface area contributed by atoms with Gasteiger partial charge in [-0.2, -0.15) is 0 Å². The molecular weight excluding hydrogens is 467 g/mol. The van der Waals surface area contributed by atoms with Crippen LogP contribution in [0, 0.1) is 12.3 Å². The number of allylic oxidation sites excluding steroid dienone is 7. The van der Waals surface area contributed by atoms with Crippen LogP contribution in [0.4, 0.5) is 0 Å². The van der Waals surface area contributed by atoms with E-state index in [2.05, 4.69) is 34.9 Å². The van der Waals surface area contributed by atoms with Crippen LogP contribution >= 0.6 is 22.6 Å². The number of aliphatic hydroxyl groups is 1. The van der Waals surface area contributed by atoms with Crippen LogP contribution in [0.15, 0.2) is 58.8 Å². The summed E-state index contributed by atoms with van der Waals surface area (Å²) in [7, 11) is 0. The molecule has 0 aromatic rings. The van der Waals surface area contributed by atoms with Gasteiger partial charge in [0.2, 0.25) is 5.79 Å². The standard InChI is InChI=1S/C20H31IO4.C3H4/c1-3-5-6-9-12-16-23-18-20(22,25-15-4-2)19-24-17-13-10-7-8-11-14-21;1-3-2/h3,5-11,13-14,22H,4,12,15-19H2,1-2H3;1H,2H3/b5-3-,8-7-,9-6-,13-10+,14-11-;. The third kappa shape index (κ3) is 22.9. The molecule has 0 saturated heterocycles. The number of hydrogen-bond acceptors (Lipinski definition) is 4. The number of ether oxygens (including phenoxy) is 3. The van der Waals surface area contributed by atoms with Crippen molar-refractivity contribution in [3.63, 3.8) is 0 Å². The topological polar surface area (TPSA) is 47.9 Å². The zero-order valence-corrected chi connectivity index (χ0v) is 19.5. The molecule has 0 rings (SSSR count). The maximum atomic E-state index is 10.5. The highest BCUT2D eigenvalue weighted by molar-refractivity contribution is 14.1. The number of rotatable bonds is 15. The number of halogens is 1. The van der Waals surface area contributed by atoms with Crippen molar-refractivity contribution in [2.24, 2.45) is 0 Å². The molecule has 5 heteroatoms. The minimum atomic E-state index is -1.41. The maximum absolute atomic E-state index is 10.5. The lowest BCUT2D eigenvalue weighted by molar-refractivity contribution is -0.255. The van der Waals surface area contributed by atoms with Crippen LogP contribution in [-0.2, 0) is 14.2 Å². The van der Waals surface area contributed by atoms with E-state index in [1.165, 1.54) is 0 Å². The molecule has 158 valence electrons. The highest BCUT2D eigenvalue weighted by Gasteiger charge is 2.28. The van der Waals surface area contributed by atoms with Crippen LogP contribution < -0.4 is 0 Å². The largest absolute Gasteiger partial charge is 0.375 e. The van der Waals surface area contributed by atoms with Crippen molar-refractivity contribution in [3.05, 3.63) is 58.8 Å². The van der Waals surface area contributed by atoms with Gasteiger partial charge in [-0.25, -0.2) is 0 Å². The lowest BCUT2D eigenvalue weighted by Gasteiger charge is -2.27. The fourth-order valence-corrected chi connectivity index (χ4v) is 1.92. The van der Waals surface area contributed by atoms with Crippen molar-refractivity contribution in [2.75, 3.05) is 33.0 Å². The Kier molecular flexibility index (Phi) is 24.8. The summed E-state index contributed by atoms with van der Waals surface area (Å²) < 4.78 is 18.5. The summed E-state index contributed by atoms with van der Waals surface area (Å²) in [6, 6.07) is 0. The number of terminal acetylenes is 1. The zero-order chi connectivity index (χ0) is 21.3. The van der Waals surface area contributed by atoms with Crippen LogP contribution in [0.2, 0.25) is 0 Å². The van der Waals surface area contributed by atoms with Gasteiger partial charge in [0, 0.05) is 6.61 Å². The molecule has 0 aliphatic rings. The third-order valence-corrected chi connectivity index (χ3v) is 3.27. The second kappa shape index (κ2) is 23.9. The van der Waals surface area contributed by atoms with Crippen LogP contribution in [0.3, 0.4) is 0 Å². The lowest BCUT2D eigenvalue weighted by Crippen LogP contribution is -2.43. The summed E-state index contributed by atoms with van der Waals surface area (Å²) in [6.07, 6.45) is 23.7. The Morgan fingerprint density at radius 1 is 1.00 bits per heavy atom. The van der Waals surface area contributed by atoms with E-state index >= 15 is 0 Å². The van der Waals surface area contributed by atoms with Crippen molar-refractivity contribution in [1.82, 2.24) is 0 Å². The Morgan fingerprint density at radius 2 is 1.64 bits per heavy atom. The van der Waals surface area contributed by atoms with E-state index in [-0.39, 0.29) is 13.2 Å². The second-order valence-electron chi connectivity index (χ2n) is 5.53. The molecule has 28 heavy (non-hydrogen) atoms. The SMILES string of the molecule is C#CC.C/C=C\C=C/CCOCC(O)(COC/C=C/C=C\C=C/I)OCCC. The molecule has 1 atom stereocenters. The molecule has 1 N–H and O–H groups in total. The van der Waals surface area contributed by atoms with Gasteiger partial charge in [0.1, 0.15) is 13.2 Å². The van der Waals surface area contributed by atoms with Crippen molar-refractivity contribution >= 4 is 22.6 Å². The summed E-state index contributed by atoms with van der Waals surface area (Å²) in [6.45, 7) is 7.18. The lowest BCUT2D eigenvalue weighted by atomic mass is 10.3. The molecule has 0 aromatic heterocycles. The number of hydrogen-bond donors (Lipinski definition) is 1. The van der Waals surface area contributed by atoms with Crippen LogP contribution in [0.25, 0.3) is 0 Å². The van der Waals surface area contributed by atoms with Gasteiger partial charge in [-0.15, -0.1) is 12.3 Å². The molecule has 0 amide bonds. The first-order valence-corrected chi connectivity index (χ1v) is 10.6. The minimum Gasteiger partial charge on any atom is -0.375 e. The molecule has 0 fully saturated rings. The van der Waals surface area contributed by atoms with Crippen LogP contribution in [0.5, 0.6) is 0 Å². The van der Waals surface area contributed by atoms with Gasteiger partial charge in [0.25, 0.3) is 0 Å². The summed E-state index contributed by atoms with van der Waals surface area (Å²) in [4.78, 5) is 0. The van der Waals surface area contributed by atoms with Crippen molar-refractivity contribution in [3.8, 4) is 12.3 Å². The van der Waals surface area contributed by atoms with Gasteiger partial charge in [-0.05, 0) is 30.8 Å². The van der Waals surface area contributed by atoms with Crippen molar-refractivity contribution < 1.29 is 19.3 Å². The molecule has 0 heterocycles. The highest BCUT2D eigenvalue weighted by Crippen LogP contribution is 2.10. The predicted molar refractivity (Wildman–Crippen MR) is 127 cm³/mol. The minimum absolute atomic E-state index is 0.0725. The predicted octanol–water partition coefficient (Wildman–Crippen LogP) is 5.36. The molecule has 0 radical (unpaired) electrons. The Hall–Kier alpha value is -1.17. The summed E-state index contributed by atoms with van der Waals surface area (Å²) in [5.41, 5.74) is 0. The molecule has 0 saturated carbocycles. The van der Waals surface area contributed by atoms with E-state index in [0.29, 0.717) is 19.8 Å². The molecule has 0 aliphatic heterocycles. The fourth-order valence-electron chi connectivity index (χ4n) is 1.68. The van der Waals surface area contributed by atoms with Crippen molar-refractivity contribution in [2.45, 2.75) is 39.4 Å². The van der Waals surface area contributed by atoms with E-state index in [1.807, 2.05) is 72.6 Å². The van der Waals surface area contributed by atoms with E-state index in [1.54, 1.807) is 6.92 Å². The maximum Gasteiger partial charge on any atom is 0.213 e. The third-order valence-electron chi connectivity index (χ3n) is 2.85. The van der Waals surface area contributed by atoms with Crippen LogP contribution in [-0.4, -0.2) is 43.9 Å². The van der Waals surface area contributed by atoms with Crippen LogP contribution in [0.1, 0.15) is 33.6 Å². The molecule has 0 spiro atoms. The highest BCUT2D eigenvalue weighted by atomic mass is 127. The quantitative estimate of drug-likeness (QED) is 0.108. The van der Waals surface area contributed by atoms with Crippen molar-refractivity contribution in [1.29, 1.82) is 0 Å². The van der Waals surface area contributed by atoms with Gasteiger partial charge in [0.05, 0.1) is 13.2 Å². The Labute approximate surface area is 185 Å². The van der Waals surface area contributed by atoms with Gasteiger partial charge in [-0.1, -0.05) is 84.2 Å². The first kappa shape index (κ1) is 29.0. The van der Waals surface area contributed by atoms with Gasteiger partial charge in [-0.3, -0.25) is 0 Å². The van der Waals surface area contributed by atoms with E-state index < -0.39 is 5.79 Å². The Morgan fingerprint density at radius 3 is 2.29 bits per heavy atom. The average molecular weight is 502 g/mol. The van der Waals surface area contributed by atoms with Gasteiger partial charge in [0.15, 0.2) is 0 Å². The monoisotopic (exact) mass is 502 g/mol. The smallest absolute Gasteiger partial charge is 0.213 e. The molecule has 1 unspecified atom stereocenters. The molecular formula is C23H35IO4. The summed E-state index contributed by atoms with van der Waals surface area (Å²) in [5, 5.41) is 10.5. The first-order valence-electron chi connectivity index (χ1n) is 9.35. The molecule has 4 nitrogen and oxygen atoms in total. The summed E-state index contributed by atoms with van der Waals surface area (Å²) in [5.74, 6) is 0.844. The second-order valence-corrected chi connectivity index (χ2v) is 6.24. The average Bonchev–Trinajstić information content (AvgIpc) is 2.68. The normalized spacial score (nSPS) is 14.1. The Balaban J connectivity index is 0. The Bertz CT molecular complexity index is 515. The van der Waals surface area contributed by atoms with Gasteiger partial charge >= 0.3 is 0 Å².